The van der Waals surface area contributed by atoms with Gasteiger partial charge in [-0.05, 0) is 37.1 Å². The fourth-order valence-corrected chi connectivity index (χ4v) is 3.86. The van der Waals surface area contributed by atoms with E-state index in [2.05, 4.69) is 36.7 Å². The lowest BCUT2D eigenvalue weighted by molar-refractivity contribution is -0.0502. The molecule has 4 atom stereocenters. The van der Waals surface area contributed by atoms with Crippen molar-refractivity contribution in [3.05, 3.63) is 22.4 Å². The van der Waals surface area contributed by atoms with Crippen molar-refractivity contribution in [2.24, 2.45) is 5.92 Å². The fraction of sp³-hybridized carbons (Fsp3) is 0.765. The summed E-state index contributed by atoms with van der Waals surface area (Å²) < 4.78 is 5.98. The zero-order valence-corrected chi connectivity index (χ0v) is 14.1. The van der Waals surface area contributed by atoms with Gasteiger partial charge in [0.25, 0.3) is 0 Å². The number of hydrogen-bond acceptors (Lipinski definition) is 4. The molecule has 1 aromatic rings. The fourth-order valence-electron chi connectivity index (χ4n) is 3.10. The Labute approximate surface area is 132 Å². The molecule has 1 aromatic heterocycles. The molecule has 3 unspecified atom stereocenters. The zero-order valence-electron chi connectivity index (χ0n) is 13.3. The van der Waals surface area contributed by atoms with Crippen molar-refractivity contribution in [1.29, 1.82) is 0 Å². The highest BCUT2D eigenvalue weighted by Gasteiger charge is 2.24. The molecular formula is C17H29NO2S. The first-order valence-corrected chi connectivity index (χ1v) is 9.15. The van der Waals surface area contributed by atoms with Gasteiger partial charge in [-0.25, -0.2) is 0 Å². The number of aliphatic hydroxyl groups excluding tert-OH is 1. The molecule has 3 nitrogen and oxygen atoms in total. The molecule has 0 radical (unpaired) electrons. The van der Waals surface area contributed by atoms with Crippen molar-refractivity contribution in [3.63, 3.8) is 0 Å². The predicted octanol–water partition coefficient (Wildman–Crippen LogP) is 3.75. The molecule has 1 fully saturated rings. The Morgan fingerprint density at radius 3 is 2.95 bits per heavy atom. The normalized spacial score (nSPS) is 25.7. The second-order valence-electron chi connectivity index (χ2n) is 6.12. The first kappa shape index (κ1) is 16.9. The van der Waals surface area contributed by atoms with Crippen LogP contribution in [0.4, 0.5) is 0 Å². The summed E-state index contributed by atoms with van der Waals surface area (Å²) in [6, 6.07) is 4.47. The van der Waals surface area contributed by atoms with Gasteiger partial charge in [0.05, 0.1) is 18.8 Å². The van der Waals surface area contributed by atoms with Crippen LogP contribution in [0.5, 0.6) is 0 Å². The number of hydrogen-bond donors (Lipinski definition) is 2. The Hall–Kier alpha value is -0.420. The molecule has 1 aliphatic carbocycles. The van der Waals surface area contributed by atoms with Gasteiger partial charge in [-0.15, -0.1) is 11.3 Å². The first-order valence-electron chi connectivity index (χ1n) is 8.27. The van der Waals surface area contributed by atoms with Gasteiger partial charge in [-0.3, -0.25) is 0 Å². The molecule has 0 aliphatic heterocycles. The Bertz CT molecular complexity index is 382. The molecule has 0 bridgehead atoms. The van der Waals surface area contributed by atoms with Crippen LogP contribution in [0.25, 0.3) is 0 Å². The predicted molar refractivity (Wildman–Crippen MR) is 88.7 cm³/mol. The van der Waals surface area contributed by atoms with Gasteiger partial charge in [0.15, 0.2) is 0 Å². The molecule has 4 heteroatoms. The third-order valence-corrected chi connectivity index (χ3v) is 5.55. The van der Waals surface area contributed by atoms with Gasteiger partial charge < -0.3 is 15.2 Å². The van der Waals surface area contributed by atoms with E-state index in [0.717, 1.165) is 6.42 Å². The van der Waals surface area contributed by atoms with Crippen molar-refractivity contribution in [3.8, 4) is 0 Å². The maximum absolute atomic E-state index is 10.1. The van der Waals surface area contributed by atoms with Crippen LogP contribution < -0.4 is 5.32 Å². The second-order valence-corrected chi connectivity index (χ2v) is 7.10. The van der Waals surface area contributed by atoms with Crippen molar-refractivity contribution in [1.82, 2.24) is 5.32 Å². The van der Waals surface area contributed by atoms with Gasteiger partial charge in [0.1, 0.15) is 0 Å². The Morgan fingerprint density at radius 2 is 2.24 bits per heavy atom. The summed E-state index contributed by atoms with van der Waals surface area (Å²) in [7, 11) is 0. The monoisotopic (exact) mass is 311 g/mol. The summed E-state index contributed by atoms with van der Waals surface area (Å²) in [4.78, 5) is 1.31. The average molecular weight is 311 g/mol. The molecule has 0 saturated heterocycles. The first-order chi connectivity index (χ1) is 10.2. The lowest BCUT2D eigenvalue weighted by Crippen LogP contribution is -2.35. The smallest absolute Gasteiger partial charge is 0.0898 e. The number of thiophene rings is 1. The highest BCUT2D eigenvalue weighted by atomic mass is 32.1. The molecule has 1 aliphatic rings. The van der Waals surface area contributed by atoms with Crippen LogP contribution in [-0.2, 0) is 4.74 Å². The molecule has 1 heterocycles. The third-order valence-electron chi connectivity index (χ3n) is 4.50. The van der Waals surface area contributed by atoms with E-state index in [1.807, 2.05) is 0 Å². The molecule has 21 heavy (non-hydrogen) atoms. The molecule has 0 spiro atoms. The highest BCUT2D eigenvalue weighted by molar-refractivity contribution is 7.10. The molecule has 2 N–H and O–H groups in total. The molecule has 2 rings (SSSR count). The molecule has 0 aromatic carbocycles. The van der Waals surface area contributed by atoms with E-state index >= 15 is 0 Å². The third kappa shape index (κ3) is 5.37. The van der Waals surface area contributed by atoms with Crippen LogP contribution in [0.1, 0.15) is 56.9 Å². The molecule has 1 saturated carbocycles. The largest absolute Gasteiger partial charge is 0.389 e. The highest BCUT2D eigenvalue weighted by Crippen LogP contribution is 2.29. The van der Waals surface area contributed by atoms with E-state index in [0.29, 0.717) is 25.2 Å². The topological polar surface area (TPSA) is 41.5 Å². The van der Waals surface area contributed by atoms with Crippen LogP contribution in [0.2, 0.25) is 0 Å². The van der Waals surface area contributed by atoms with E-state index in [4.69, 9.17) is 4.74 Å². The number of rotatable bonds is 8. The molecule has 0 amide bonds. The maximum Gasteiger partial charge on any atom is 0.0898 e. The van der Waals surface area contributed by atoms with Crippen molar-refractivity contribution >= 4 is 11.3 Å². The van der Waals surface area contributed by atoms with Crippen LogP contribution in [0, 0.1) is 5.92 Å². The van der Waals surface area contributed by atoms with E-state index in [1.54, 1.807) is 11.3 Å². The summed E-state index contributed by atoms with van der Waals surface area (Å²) in [6.45, 7) is 5.41. The number of aliphatic hydroxyl groups is 1. The minimum atomic E-state index is -0.424. The van der Waals surface area contributed by atoms with Crippen molar-refractivity contribution < 1.29 is 9.84 Å². The molecular weight excluding hydrogens is 282 g/mol. The van der Waals surface area contributed by atoms with Crippen LogP contribution in [0.3, 0.4) is 0 Å². The van der Waals surface area contributed by atoms with Gasteiger partial charge in [-0.2, -0.15) is 0 Å². The van der Waals surface area contributed by atoms with Gasteiger partial charge >= 0.3 is 0 Å². The minimum absolute atomic E-state index is 0.290. The van der Waals surface area contributed by atoms with Crippen LogP contribution in [-0.4, -0.2) is 30.5 Å². The summed E-state index contributed by atoms with van der Waals surface area (Å²) in [5.41, 5.74) is 0. The summed E-state index contributed by atoms with van der Waals surface area (Å²) in [5.74, 6) is 0.684. The number of nitrogens with one attached hydrogen (secondary N) is 1. The Kier molecular flexibility index (Phi) is 7.17. The van der Waals surface area contributed by atoms with Gasteiger partial charge in [0.2, 0.25) is 0 Å². The lowest BCUT2D eigenvalue weighted by atomic mass is 9.85. The quantitative estimate of drug-likeness (QED) is 0.768. The van der Waals surface area contributed by atoms with Gasteiger partial charge in [-0.1, -0.05) is 32.3 Å². The molecule has 120 valence electrons. The zero-order chi connectivity index (χ0) is 15.1. The second kappa shape index (κ2) is 8.89. The average Bonchev–Trinajstić information content (AvgIpc) is 3.05. The lowest BCUT2D eigenvalue weighted by Gasteiger charge is -2.31. The maximum atomic E-state index is 10.1. The van der Waals surface area contributed by atoms with E-state index in [-0.39, 0.29) is 6.04 Å². The summed E-state index contributed by atoms with van der Waals surface area (Å²) >= 11 is 1.75. The van der Waals surface area contributed by atoms with Crippen molar-refractivity contribution in [2.45, 2.75) is 64.2 Å². The summed E-state index contributed by atoms with van der Waals surface area (Å²) in [5, 5.41) is 15.6. The Balaban J connectivity index is 1.66. The van der Waals surface area contributed by atoms with E-state index in [9.17, 15) is 5.11 Å². The minimum Gasteiger partial charge on any atom is -0.389 e. The SMILES string of the molecule is CCC1CCCCC1OCC(O)CN[C@@H](C)c1cccs1. The van der Waals surface area contributed by atoms with Crippen molar-refractivity contribution in [2.75, 3.05) is 13.2 Å². The standard InChI is InChI=1S/C17H29NO2S/c1-3-14-7-4-5-8-16(14)20-12-15(19)11-18-13(2)17-9-6-10-21-17/h6,9-10,13-16,18-19H,3-5,7-8,11-12H2,1-2H3/t13-,14?,15?,16?/m0/s1. The summed E-state index contributed by atoms with van der Waals surface area (Å²) in [6.07, 6.45) is 6.16. The van der Waals surface area contributed by atoms with E-state index in [1.165, 1.54) is 30.6 Å². The van der Waals surface area contributed by atoms with Crippen LogP contribution >= 0.6 is 11.3 Å². The Morgan fingerprint density at radius 1 is 1.43 bits per heavy atom. The number of ether oxygens (including phenoxy) is 1. The van der Waals surface area contributed by atoms with E-state index < -0.39 is 6.10 Å². The van der Waals surface area contributed by atoms with Crippen LogP contribution in [0.15, 0.2) is 17.5 Å². The van der Waals surface area contributed by atoms with Gasteiger partial charge in [0, 0.05) is 17.5 Å².